The number of carboxylic acid groups (broad SMARTS) is 1. The van der Waals surface area contributed by atoms with Gasteiger partial charge in [-0.3, -0.25) is 10.2 Å². The first kappa shape index (κ1) is 38.2. The van der Waals surface area contributed by atoms with Crippen LogP contribution in [-0.2, 0) is 20.8 Å². The number of hydrogen-bond donors (Lipinski definition) is 7. The Morgan fingerprint density at radius 2 is 1.67 bits per heavy atom. The number of aliphatic carboxylic acids is 1. The summed E-state index contributed by atoms with van der Waals surface area (Å²) in [6.07, 6.45) is -4.32. The average Bonchev–Trinajstić information content (AvgIpc) is 3.08. The van der Waals surface area contributed by atoms with Crippen LogP contribution < -0.4 is 41.2 Å². The number of carboxylic acids is 1. The number of guanidine groups is 1. The Balaban J connectivity index is 1.59. The maximum absolute atomic E-state index is 13.3. The lowest BCUT2D eigenvalue weighted by Crippen LogP contribution is -2.41. The summed E-state index contributed by atoms with van der Waals surface area (Å²) in [4.78, 5) is 37.4. The van der Waals surface area contributed by atoms with Crippen molar-refractivity contribution in [3.8, 4) is 17.5 Å². The number of rotatable bonds is 9. The molecule has 1 amide bonds. The fourth-order valence-electron chi connectivity index (χ4n) is 4.40. The Bertz CT molecular complexity index is 1620. The summed E-state index contributed by atoms with van der Waals surface area (Å²) in [5.74, 6) is -1.93. The third-order valence-electron chi connectivity index (χ3n) is 6.78. The zero-order valence-corrected chi connectivity index (χ0v) is 27.3. The molecule has 20 heteroatoms. The number of nitrogens with two attached hydrogens (primary N) is 1. The van der Waals surface area contributed by atoms with E-state index in [0.717, 1.165) is 5.56 Å². The van der Waals surface area contributed by atoms with Gasteiger partial charge in [-0.15, -0.1) is 0 Å². The van der Waals surface area contributed by atoms with Gasteiger partial charge in [-0.2, -0.15) is 28.1 Å². The van der Waals surface area contributed by atoms with Crippen molar-refractivity contribution in [1.29, 1.82) is 5.41 Å². The molecule has 0 aliphatic carbocycles. The van der Waals surface area contributed by atoms with Crippen LogP contribution in [0.5, 0.6) is 17.5 Å². The first-order chi connectivity index (χ1) is 24.4. The molecule has 276 valence electrons. The minimum atomic E-state index is -4.65. The van der Waals surface area contributed by atoms with Crippen molar-refractivity contribution in [1.82, 2.24) is 25.6 Å². The average molecular weight is 722 g/mol. The molecule has 17 nitrogen and oxygen atoms in total. The van der Waals surface area contributed by atoms with Gasteiger partial charge in [0.15, 0.2) is 12.6 Å². The minimum absolute atomic E-state index is 0.0133. The number of nitrogens with one attached hydrogen (secondary N) is 5. The molecule has 0 saturated heterocycles. The SMILES string of the molecule is N=C(N)NCCC[C@H](NC(=O)c1ccc2cc1OCCOCCOCCOc1ccc(cc1)CNc1nc(nc(OCC(F)(F)F)n1)N2)C(=O)O. The van der Waals surface area contributed by atoms with Crippen LogP contribution in [0.15, 0.2) is 42.5 Å². The van der Waals surface area contributed by atoms with Crippen LogP contribution in [0.1, 0.15) is 28.8 Å². The second-order valence-corrected chi connectivity index (χ2v) is 10.8. The fourth-order valence-corrected chi connectivity index (χ4v) is 4.40. The normalized spacial score (nSPS) is 14.7. The summed E-state index contributed by atoms with van der Waals surface area (Å²) in [5.41, 5.74) is 6.29. The van der Waals surface area contributed by atoms with Gasteiger partial charge >= 0.3 is 18.2 Å². The molecule has 2 aromatic carbocycles. The van der Waals surface area contributed by atoms with Crippen LogP contribution in [0.3, 0.4) is 0 Å². The van der Waals surface area contributed by atoms with Crippen LogP contribution >= 0.6 is 0 Å². The molecule has 51 heavy (non-hydrogen) atoms. The predicted octanol–water partition coefficient (Wildman–Crippen LogP) is 2.42. The Kier molecular flexibility index (Phi) is 14.2. The number of fused-ring (bicyclic) bond motifs is 12. The lowest BCUT2D eigenvalue weighted by Gasteiger charge is -2.18. The number of carbonyl (C=O) groups is 2. The van der Waals surface area contributed by atoms with E-state index >= 15 is 0 Å². The largest absolute Gasteiger partial charge is 0.491 e. The number of alkyl halides is 3. The summed E-state index contributed by atoms with van der Waals surface area (Å²) < 4.78 is 66.3. The Hall–Kier alpha value is -5.63. The molecular formula is C31H38F3N9O8. The van der Waals surface area contributed by atoms with E-state index in [4.69, 9.17) is 34.8 Å². The zero-order valence-electron chi connectivity index (χ0n) is 27.3. The molecule has 1 atom stereocenters. The molecule has 0 saturated carbocycles. The van der Waals surface area contributed by atoms with Crippen molar-refractivity contribution >= 4 is 35.4 Å². The van der Waals surface area contributed by atoms with Crippen molar-refractivity contribution in [3.63, 3.8) is 0 Å². The van der Waals surface area contributed by atoms with E-state index in [1.54, 1.807) is 24.3 Å². The summed E-state index contributed by atoms with van der Waals surface area (Å²) >= 11 is 0. The van der Waals surface area contributed by atoms with Crippen molar-refractivity contribution in [2.75, 3.05) is 63.4 Å². The molecule has 6 bridgehead atoms. The first-order valence-electron chi connectivity index (χ1n) is 15.7. The van der Waals surface area contributed by atoms with E-state index in [1.165, 1.54) is 18.2 Å². The highest BCUT2D eigenvalue weighted by Gasteiger charge is 2.29. The van der Waals surface area contributed by atoms with Gasteiger partial charge in [-0.1, -0.05) is 12.1 Å². The second kappa shape index (κ2) is 18.9. The predicted molar refractivity (Wildman–Crippen MR) is 176 cm³/mol. The van der Waals surface area contributed by atoms with Gasteiger partial charge in [-0.05, 0) is 42.7 Å². The Morgan fingerprint density at radius 1 is 0.980 bits per heavy atom. The monoisotopic (exact) mass is 721 g/mol. The number of benzene rings is 2. The third kappa shape index (κ3) is 13.7. The highest BCUT2D eigenvalue weighted by Crippen LogP contribution is 2.27. The molecule has 0 unspecified atom stereocenters. The highest BCUT2D eigenvalue weighted by molar-refractivity contribution is 5.99. The number of amides is 1. The minimum Gasteiger partial charge on any atom is -0.491 e. The maximum Gasteiger partial charge on any atom is 0.422 e. The summed E-state index contributed by atoms with van der Waals surface area (Å²) in [5, 5.41) is 27.8. The number of ether oxygens (including phenoxy) is 5. The number of aromatic nitrogens is 3. The van der Waals surface area contributed by atoms with Crippen LogP contribution in [0.25, 0.3) is 0 Å². The van der Waals surface area contributed by atoms with Gasteiger partial charge in [0.1, 0.15) is 30.8 Å². The van der Waals surface area contributed by atoms with Crippen LogP contribution in [0, 0.1) is 5.41 Å². The molecule has 1 aromatic heterocycles. The highest BCUT2D eigenvalue weighted by atomic mass is 19.4. The summed E-state index contributed by atoms with van der Waals surface area (Å²) in [7, 11) is 0. The van der Waals surface area contributed by atoms with E-state index in [-0.39, 0.29) is 74.2 Å². The molecule has 2 aliphatic heterocycles. The molecule has 8 N–H and O–H groups in total. The Morgan fingerprint density at radius 3 is 2.35 bits per heavy atom. The van der Waals surface area contributed by atoms with Gasteiger partial charge in [0.05, 0.1) is 32.0 Å². The quantitative estimate of drug-likeness (QED) is 0.0727. The van der Waals surface area contributed by atoms with Crippen molar-refractivity contribution in [2.45, 2.75) is 31.6 Å². The van der Waals surface area contributed by atoms with Crippen molar-refractivity contribution < 1.29 is 51.6 Å². The van der Waals surface area contributed by atoms with Gasteiger partial charge in [0, 0.05) is 24.8 Å². The number of carbonyl (C=O) groups excluding carboxylic acids is 1. The van der Waals surface area contributed by atoms with E-state index in [9.17, 15) is 27.9 Å². The lowest BCUT2D eigenvalue weighted by molar-refractivity contribution is -0.154. The molecule has 0 spiro atoms. The lowest BCUT2D eigenvalue weighted by atomic mass is 10.1. The molecule has 2 aliphatic rings. The van der Waals surface area contributed by atoms with E-state index in [2.05, 4.69) is 36.2 Å². The third-order valence-corrected chi connectivity index (χ3v) is 6.78. The Labute approximate surface area is 289 Å². The van der Waals surface area contributed by atoms with Crippen LogP contribution in [0.4, 0.5) is 30.8 Å². The van der Waals surface area contributed by atoms with Gasteiger partial charge < -0.3 is 55.8 Å². The molecule has 0 radical (unpaired) electrons. The number of nitrogens with zero attached hydrogens (tertiary/aromatic N) is 3. The number of halogens is 3. The number of hydrogen-bond acceptors (Lipinski definition) is 13. The topological polar surface area (TPSA) is 237 Å². The smallest absolute Gasteiger partial charge is 0.422 e. The molecule has 3 heterocycles. The van der Waals surface area contributed by atoms with Crippen molar-refractivity contribution in [2.24, 2.45) is 5.73 Å². The van der Waals surface area contributed by atoms with E-state index < -0.39 is 36.7 Å². The maximum atomic E-state index is 13.3. The summed E-state index contributed by atoms with van der Waals surface area (Å²) in [6.45, 7) is 0.0144. The molecular weight excluding hydrogens is 683 g/mol. The standard InChI is InChI=1S/C31H38F3N9O8/c32-31(33,34)18-51-30-42-28-38-17-19-3-6-21(7-4-19)49-14-12-47-10-11-48-13-15-50-24-16-20(39-29(41-28)43-30)5-8-22(24)25(44)40-23(26(45)46)2-1-9-37-27(35)36/h3-8,16,23H,1-2,9-15,17-18H2,(H,40,44)(H,45,46)(H4,35,36,37)(H2,38,39,41,42,43)/t23-/m0/s1. The van der Waals surface area contributed by atoms with Crippen LogP contribution in [0.2, 0.25) is 0 Å². The molecule has 5 rings (SSSR count). The van der Waals surface area contributed by atoms with Gasteiger partial charge in [0.2, 0.25) is 11.9 Å². The van der Waals surface area contributed by atoms with E-state index in [1.807, 2.05) is 0 Å². The fraction of sp³-hybridized carbons (Fsp3) is 0.419. The van der Waals surface area contributed by atoms with E-state index in [0.29, 0.717) is 32.0 Å². The number of anilines is 3. The molecule has 3 aromatic rings. The van der Waals surface area contributed by atoms with Gasteiger partial charge in [0.25, 0.3) is 5.91 Å². The molecule has 0 fully saturated rings. The second-order valence-electron chi connectivity index (χ2n) is 10.8. The van der Waals surface area contributed by atoms with Crippen molar-refractivity contribution in [3.05, 3.63) is 53.6 Å². The summed E-state index contributed by atoms with van der Waals surface area (Å²) in [6, 6.07) is 9.44. The van der Waals surface area contributed by atoms with Crippen LogP contribution in [-0.4, -0.2) is 103 Å². The first-order valence-corrected chi connectivity index (χ1v) is 15.7. The zero-order chi connectivity index (χ0) is 36.6. The van der Waals surface area contributed by atoms with Gasteiger partial charge in [-0.25, -0.2) is 4.79 Å².